The molecule has 7 nitrogen and oxygen atoms in total. The van der Waals surface area contributed by atoms with E-state index in [4.69, 9.17) is 4.74 Å². The van der Waals surface area contributed by atoms with Crippen molar-refractivity contribution >= 4 is 17.3 Å². The average Bonchev–Trinajstić information content (AvgIpc) is 2.46. The minimum absolute atomic E-state index is 0.0325. The number of methoxy groups -OCH3 is 1. The quantitative estimate of drug-likeness (QED) is 0.434. The van der Waals surface area contributed by atoms with Gasteiger partial charge in [0.15, 0.2) is 5.82 Å². The minimum atomic E-state index is -0.777. The van der Waals surface area contributed by atoms with Crippen molar-refractivity contribution in [1.29, 1.82) is 0 Å². The standard InChI is InChI=1S/C13H18FN3O4/c1-15-11-7-9(12(17(19)20)8-10(11)14)13(18)16-5-3-4-6-21-2/h7-8,15H,3-6H2,1-2H3,(H,16,18). The molecule has 1 amide bonds. The molecule has 0 saturated carbocycles. The molecule has 21 heavy (non-hydrogen) atoms. The SMILES string of the molecule is CNc1cc(C(=O)NCCCCOC)c([N+](=O)[O-])cc1F. The number of halogens is 1. The van der Waals surface area contributed by atoms with E-state index in [0.717, 1.165) is 18.6 Å². The Kier molecular flexibility index (Phi) is 6.54. The van der Waals surface area contributed by atoms with E-state index in [2.05, 4.69) is 10.6 Å². The molecular weight excluding hydrogens is 281 g/mol. The van der Waals surface area contributed by atoms with E-state index in [9.17, 15) is 19.3 Å². The number of rotatable bonds is 8. The predicted octanol–water partition coefficient (Wildman–Crippen LogP) is 1.93. The number of benzene rings is 1. The van der Waals surface area contributed by atoms with Crippen molar-refractivity contribution < 1.29 is 18.8 Å². The molecule has 8 heteroatoms. The number of ether oxygens (including phenoxy) is 1. The van der Waals surface area contributed by atoms with Gasteiger partial charge in [-0.2, -0.15) is 0 Å². The highest BCUT2D eigenvalue weighted by Crippen LogP contribution is 2.25. The Bertz CT molecular complexity index is 522. The van der Waals surface area contributed by atoms with E-state index in [1.807, 2.05) is 0 Å². The van der Waals surface area contributed by atoms with Crippen molar-refractivity contribution in [3.05, 3.63) is 33.6 Å². The van der Waals surface area contributed by atoms with Crippen molar-refractivity contribution in [2.75, 3.05) is 32.6 Å². The van der Waals surface area contributed by atoms with Crippen LogP contribution in [0.3, 0.4) is 0 Å². The molecule has 0 atom stereocenters. The van der Waals surface area contributed by atoms with Gasteiger partial charge in [0.25, 0.3) is 11.6 Å². The summed E-state index contributed by atoms with van der Waals surface area (Å²) in [5.74, 6) is -1.38. The summed E-state index contributed by atoms with van der Waals surface area (Å²) in [7, 11) is 3.05. The van der Waals surface area contributed by atoms with Crippen molar-refractivity contribution in [1.82, 2.24) is 5.32 Å². The lowest BCUT2D eigenvalue weighted by Gasteiger charge is -2.08. The second kappa shape index (κ2) is 8.15. The van der Waals surface area contributed by atoms with E-state index in [-0.39, 0.29) is 11.3 Å². The fraction of sp³-hybridized carbons (Fsp3) is 0.462. The number of hydrogen-bond donors (Lipinski definition) is 2. The Labute approximate surface area is 121 Å². The maximum absolute atomic E-state index is 13.5. The smallest absolute Gasteiger partial charge is 0.285 e. The highest BCUT2D eigenvalue weighted by atomic mass is 19.1. The van der Waals surface area contributed by atoms with Crippen LogP contribution in [-0.4, -0.2) is 38.1 Å². The largest absolute Gasteiger partial charge is 0.386 e. The first-order valence-electron chi connectivity index (χ1n) is 6.44. The normalized spacial score (nSPS) is 10.2. The molecule has 0 aromatic heterocycles. The Balaban J connectivity index is 2.84. The van der Waals surface area contributed by atoms with Crippen LogP contribution in [-0.2, 0) is 4.74 Å². The van der Waals surface area contributed by atoms with Gasteiger partial charge in [0.05, 0.1) is 16.7 Å². The van der Waals surface area contributed by atoms with Gasteiger partial charge >= 0.3 is 0 Å². The lowest BCUT2D eigenvalue weighted by Crippen LogP contribution is -2.25. The lowest BCUT2D eigenvalue weighted by molar-refractivity contribution is -0.385. The number of anilines is 1. The van der Waals surface area contributed by atoms with Gasteiger partial charge in [0.1, 0.15) is 5.56 Å². The number of nitro groups is 1. The molecule has 0 unspecified atom stereocenters. The topological polar surface area (TPSA) is 93.5 Å². The van der Waals surface area contributed by atoms with Gasteiger partial charge in [0.2, 0.25) is 0 Å². The number of amides is 1. The predicted molar refractivity (Wildman–Crippen MR) is 76.0 cm³/mol. The molecule has 2 N–H and O–H groups in total. The molecule has 1 rings (SSSR count). The van der Waals surface area contributed by atoms with Crippen molar-refractivity contribution in [2.24, 2.45) is 0 Å². The van der Waals surface area contributed by atoms with Crippen molar-refractivity contribution in [3.63, 3.8) is 0 Å². The van der Waals surface area contributed by atoms with Gasteiger partial charge in [-0.15, -0.1) is 0 Å². The van der Waals surface area contributed by atoms with Gasteiger partial charge < -0.3 is 15.4 Å². The molecule has 0 aliphatic carbocycles. The van der Waals surface area contributed by atoms with E-state index in [0.29, 0.717) is 19.6 Å². The van der Waals surface area contributed by atoms with Gasteiger partial charge in [-0.05, 0) is 18.9 Å². The Morgan fingerprint density at radius 2 is 2.14 bits per heavy atom. The molecule has 0 saturated heterocycles. The fourth-order valence-corrected chi connectivity index (χ4v) is 1.76. The van der Waals surface area contributed by atoms with Crippen LogP contribution in [0.1, 0.15) is 23.2 Å². The van der Waals surface area contributed by atoms with Gasteiger partial charge in [0, 0.05) is 27.3 Å². The summed E-state index contributed by atoms with van der Waals surface area (Å²) >= 11 is 0. The zero-order valence-electron chi connectivity index (χ0n) is 11.9. The number of nitro benzene ring substituents is 1. The second-order valence-electron chi connectivity index (χ2n) is 4.31. The maximum atomic E-state index is 13.5. The molecule has 116 valence electrons. The third-order valence-electron chi connectivity index (χ3n) is 2.86. The number of hydrogen-bond acceptors (Lipinski definition) is 5. The minimum Gasteiger partial charge on any atom is -0.386 e. The number of nitrogens with one attached hydrogen (secondary N) is 2. The van der Waals surface area contributed by atoms with Crippen LogP contribution < -0.4 is 10.6 Å². The van der Waals surface area contributed by atoms with Crippen molar-refractivity contribution in [2.45, 2.75) is 12.8 Å². The van der Waals surface area contributed by atoms with Gasteiger partial charge in [-0.1, -0.05) is 0 Å². The zero-order valence-corrected chi connectivity index (χ0v) is 11.9. The molecule has 1 aromatic carbocycles. The van der Waals surface area contributed by atoms with E-state index < -0.39 is 22.3 Å². The van der Waals surface area contributed by atoms with Crippen LogP contribution in [0, 0.1) is 15.9 Å². The monoisotopic (exact) mass is 299 g/mol. The molecule has 1 aromatic rings. The number of carbonyl (C=O) groups is 1. The van der Waals surface area contributed by atoms with Gasteiger partial charge in [-0.3, -0.25) is 14.9 Å². The third kappa shape index (κ3) is 4.67. The van der Waals surface area contributed by atoms with E-state index in [1.54, 1.807) is 7.11 Å². The molecule has 0 aliphatic heterocycles. The molecular formula is C13H18FN3O4. The van der Waals surface area contributed by atoms with Crippen LogP contribution in [0.4, 0.5) is 15.8 Å². The highest BCUT2D eigenvalue weighted by Gasteiger charge is 2.23. The van der Waals surface area contributed by atoms with Crippen molar-refractivity contribution in [3.8, 4) is 0 Å². The average molecular weight is 299 g/mol. The molecule has 0 bridgehead atoms. The molecule has 0 fully saturated rings. The summed E-state index contributed by atoms with van der Waals surface area (Å²) in [5, 5.41) is 16.0. The first-order chi connectivity index (χ1) is 10.0. The zero-order chi connectivity index (χ0) is 15.8. The molecule has 0 radical (unpaired) electrons. The fourth-order valence-electron chi connectivity index (χ4n) is 1.76. The Morgan fingerprint density at radius 1 is 1.43 bits per heavy atom. The number of unbranched alkanes of at least 4 members (excludes halogenated alkanes) is 1. The van der Waals surface area contributed by atoms with Crippen LogP contribution in [0.5, 0.6) is 0 Å². The molecule has 0 aliphatic rings. The van der Waals surface area contributed by atoms with E-state index in [1.165, 1.54) is 7.05 Å². The number of nitrogens with zero attached hydrogens (tertiary/aromatic N) is 1. The Morgan fingerprint density at radius 3 is 2.71 bits per heavy atom. The molecule has 0 spiro atoms. The summed E-state index contributed by atoms with van der Waals surface area (Å²) in [6.45, 7) is 0.947. The maximum Gasteiger partial charge on any atom is 0.285 e. The number of carbonyl (C=O) groups excluding carboxylic acids is 1. The highest BCUT2D eigenvalue weighted by molar-refractivity contribution is 5.99. The Hall–Kier alpha value is -2.22. The van der Waals surface area contributed by atoms with Crippen LogP contribution in [0.25, 0.3) is 0 Å². The summed E-state index contributed by atoms with van der Waals surface area (Å²) in [4.78, 5) is 22.1. The molecule has 0 heterocycles. The van der Waals surface area contributed by atoms with Crippen LogP contribution in [0.15, 0.2) is 12.1 Å². The van der Waals surface area contributed by atoms with Crippen LogP contribution >= 0.6 is 0 Å². The first kappa shape index (κ1) is 16.8. The first-order valence-corrected chi connectivity index (χ1v) is 6.44. The lowest BCUT2D eigenvalue weighted by atomic mass is 10.1. The summed E-state index contributed by atoms with van der Waals surface area (Å²) in [6, 6.07) is 1.88. The summed E-state index contributed by atoms with van der Waals surface area (Å²) in [5.41, 5.74) is -0.691. The summed E-state index contributed by atoms with van der Waals surface area (Å²) < 4.78 is 18.4. The van der Waals surface area contributed by atoms with Gasteiger partial charge in [-0.25, -0.2) is 4.39 Å². The van der Waals surface area contributed by atoms with E-state index >= 15 is 0 Å². The van der Waals surface area contributed by atoms with Crippen LogP contribution in [0.2, 0.25) is 0 Å². The summed E-state index contributed by atoms with van der Waals surface area (Å²) in [6.07, 6.45) is 1.46. The second-order valence-corrected chi connectivity index (χ2v) is 4.31. The third-order valence-corrected chi connectivity index (χ3v) is 2.86.